The van der Waals surface area contributed by atoms with Crippen molar-refractivity contribution in [1.29, 1.82) is 0 Å². The molecule has 2 aromatic rings. The fraction of sp³-hybridized carbons (Fsp3) is 0.312. The number of aromatic nitrogens is 1. The van der Waals surface area contributed by atoms with Crippen LogP contribution in [0.3, 0.4) is 0 Å². The van der Waals surface area contributed by atoms with Gasteiger partial charge in [0.2, 0.25) is 5.91 Å². The summed E-state index contributed by atoms with van der Waals surface area (Å²) in [6.07, 6.45) is -0.768. The molecule has 0 radical (unpaired) electrons. The highest BCUT2D eigenvalue weighted by Gasteiger charge is 2.28. The third-order valence-electron chi connectivity index (χ3n) is 3.67. The number of nitrogens with zero attached hydrogens (tertiary/aromatic N) is 2. The number of ether oxygens (including phenoxy) is 1. The van der Waals surface area contributed by atoms with Gasteiger partial charge in [-0.3, -0.25) is 10.1 Å². The first-order chi connectivity index (χ1) is 11.5. The van der Waals surface area contributed by atoms with Crippen molar-refractivity contribution < 1.29 is 14.3 Å². The van der Waals surface area contributed by atoms with Crippen molar-refractivity contribution in [2.24, 2.45) is 5.73 Å². The number of aryl methyl sites for hydroxylation is 1. The van der Waals surface area contributed by atoms with Gasteiger partial charge < -0.3 is 15.4 Å². The Bertz CT molecular complexity index is 747. The van der Waals surface area contributed by atoms with E-state index in [2.05, 4.69) is 10.3 Å². The van der Waals surface area contributed by atoms with Crippen molar-refractivity contribution >= 4 is 29.1 Å². The number of carbonyl (C=O) groups is 2. The van der Waals surface area contributed by atoms with Gasteiger partial charge in [-0.25, -0.2) is 9.78 Å². The largest absolute Gasteiger partial charge is 0.367 e. The van der Waals surface area contributed by atoms with Crippen molar-refractivity contribution in [3.8, 4) is 10.4 Å². The molecular weight excluding hydrogens is 328 g/mol. The van der Waals surface area contributed by atoms with E-state index in [1.54, 1.807) is 0 Å². The summed E-state index contributed by atoms with van der Waals surface area (Å²) in [5, 5.41) is 3.70. The summed E-state index contributed by atoms with van der Waals surface area (Å²) in [6.45, 7) is 2.72. The second-order valence-corrected chi connectivity index (χ2v) is 6.62. The predicted octanol–water partition coefficient (Wildman–Crippen LogP) is 1.84. The molecule has 3 amide bonds. The highest BCUT2D eigenvalue weighted by Crippen LogP contribution is 2.33. The smallest absolute Gasteiger partial charge is 0.323 e. The minimum Gasteiger partial charge on any atom is -0.367 e. The van der Waals surface area contributed by atoms with E-state index in [4.69, 9.17) is 10.5 Å². The Morgan fingerprint density at radius 1 is 1.38 bits per heavy atom. The molecule has 0 spiro atoms. The van der Waals surface area contributed by atoms with Crippen LogP contribution >= 0.6 is 11.3 Å². The van der Waals surface area contributed by atoms with Crippen LogP contribution < -0.4 is 11.1 Å². The number of nitrogens with two attached hydrogens (primary N) is 1. The summed E-state index contributed by atoms with van der Waals surface area (Å²) >= 11 is 1.52. The van der Waals surface area contributed by atoms with Gasteiger partial charge in [-0.05, 0) is 12.5 Å². The van der Waals surface area contributed by atoms with Gasteiger partial charge in [0.25, 0.3) is 0 Å². The normalized spacial score (nSPS) is 17.5. The van der Waals surface area contributed by atoms with Gasteiger partial charge in [0.15, 0.2) is 11.9 Å². The van der Waals surface area contributed by atoms with Gasteiger partial charge in [0.05, 0.1) is 23.0 Å². The molecule has 1 aliphatic heterocycles. The molecule has 1 fully saturated rings. The van der Waals surface area contributed by atoms with E-state index in [0.717, 1.165) is 15.4 Å². The minimum absolute atomic E-state index is 0.144. The molecule has 7 nitrogen and oxygen atoms in total. The summed E-state index contributed by atoms with van der Waals surface area (Å²) in [5.74, 6) is -0.0437. The highest BCUT2D eigenvalue weighted by molar-refractivity contribution is 7.15. The summed E-state index contributed by atoms with van der Waals surface area (Å²) in [5.41, 5.74) is 6.25. The molecule has 24 heavy (non-hydrogen) atoms. The number of urea groups is 1. The maximum atomic E-state index is 12.5. The van der Waals surface area contributed by atoms with Crippen LogP contribution in [0.1, 0.15) is 5.01 Å². The van der Waals surface area contributed by atoms with E-state index >= 15 is 0 Å². The van der Waals surface area contributed by atoms with E-state index in [-0.39, 0.29) is 19.2 Å². The molecule has 1 saturated heterocycles. The number of morpholine rings is 1. The monoisotopic (exact) mass is 346 g/mol. The molecule has 8 heteroatoms. The Kier molecular flexibility index (Phi) is 4.77. The lowest BCUT2D eigenvalue weighted by Gasteiger charge is -2.31. The van der Waals surface area contributed by atoms with Crippen molar-refractivity contribution in [1.82, 2.24) is 9.88 Å². The van der Waals surface area contributed by atoms with Crippen LogP contribution in [0.15, 0.2) is 30.3 Å². The van der Waals surface area contributed by atoms with Crippen LogP contribution in [0, 0.1) is 6.92 Å². The van der Waals surface area contributed by atoms with Gasteiger partial charge in [-0.15, -0.1) is 11.3 Å². The Balaban J connectivity index is 1.76. The molecule has 0 aliphatic carbocycles. The van der Waals surface area contributed by atoms with Crippen molar-refractivity contribution in [2.75, 3.05) is 25.0 Å². The third-order valence-corrected chi connectivity index (χ3v) is 4.69. The number of anilines is 1. The quantitative estimate of drug-likeness (QED) is 0.886. The zero-order chi connectivity index (χ0) is 17.1. The lowest BCUT2D eigenvalue weighted by molar-refractivity contribution is -0.133. The van der Waals surface area contributed by atoms with Crippen LogP contribution in [-0.4, -0.2) is 47.6 Å². The van der Waals surface area contributed by atoms with Gasteiger partial charge >= 0.3 is 6.03 Å². The summed E-state index contributed by atoms with van der Waals surface area (Å²) in [6, 6.07) is 9.45. The minimum atomic E-state index is -0.768. The Labute approximate surface area is 143 Å². The first-order valence-electron chi connectivity index (χ1n) is 7.54. The first-order valence-corrected chi connectivity index (χ1v) is 8.36. The van der Waals surface area contributed by atoms with E-state index in [0.29, 0.717) is 12.4 Å². The number of amides is 3. The molecule has 1 atom stereocenters. The van der Waals surface area contributed by atoms with Crippen LogP contribution in [-0.2, 0) is 9.53 Å². The highest BCUT2D eigenvalue weighted by atomic mass is 32.1. The Morgan fingerprint density at radius 2 is 2.12 bits per heavy atom. The molecule has 1 aliphatic rings. The Morgan fingerprint density at radius 3 is 2.83 bits per heavy atom. The predicted molar refractivity (Wildman–Crippen MR) is 91.8 cm³/mol. The van der Waals surface area contributed by atoms with E-state index in [1.165, 1.54) is 16.2 Å². The standard InChI is InChI=1S/C16H18N4O3S/c1-10-18-15(13(24-10)11-5-3-2-4-6-11)19-16(22)20-7-8-23-12(9-20)14(17)21/h2-6,12H,7-9H2,1H3,(H2,17,21)(H,19,22). The molecular formula is C16H18N4O3S. The number of nitrogens with one attached hydrogen (secondary N) is 1. The SMILES string of the molecule is Cc1nc(NC(=O)N2CCOC(C(N)=O)C2)c(-c2ccccc2)s1. The first kappa shape index (κ1) is 16.4. The molecule has 2 heterocycles. The van der Waals surface area contributed by atoms with Gasteiger partial charge in [-0.1, -0.05) is 30.3 Å². The number of carbonyl (C=O) groups excluding carboxylic acids is 2. The molecule has 126 valence electrons. The van der Waals surface area contributed by atoms with Gasteiger partial charge in [-0.2, -0.15) is 0 Å². The fourth-order valence-electron chi connectivity index (χ4n) is 2.48. The molecule has 3 rings (SSSR count). The second kappa shape index (κ2) is 6.98. The number of rotatable bonds is 3. The molecule has 0 saturated carbocycles. The van der Waals surface area contributed by atoms with Crippen LogP contribution in [0.4, 0.5) is 10.6 Å². The summed E-state index contributed by atoms with van der Waals surface area (Å²) < 4.78 is 5.26. The average Bonchev–Trinajstić information content (AvgIpc) is 2.96. The van der Waals surface area contributed by atoms with E-state index < -0.39 is 12.0 Å². The second-order valence-electron chi connectivity index (χ2n) is 5.41. The van der Waals surface area contributed by atoms with Crippen LogP contribution in [0.5, 0.6) is 0 Å². The third kappa shape index (κ3) is 3.55. The van der Waals surface area contributed by atoms with Crippen molar-refractivity contribution in [2.45, 2.75) is 13.0 Å². The van der Waals surface area contributed by atoms with Gasteiger partial charge in [0, 0.05) is 6.54 Å². The fourth-order valence-corrected chi connectivity index (χ4v) is 3.36. The average molecular weight is 346 g/mol. The molecule has 1 unspecified atom stereocenters. The lowest BCUT2D eigenvalue weighted by atomic mass is 10.2. The maximum Gasteiger partial charge on any atom is 0.323 e. The zero-order valence-corrected chi connectivity index (χ0v) is 14.0. The summed E-state index contributed by atoms with van der Waals surface area (Å²) in [4.78, 5) is 30.6. The Hall–Kier alpha value is -2.45. The van der Waals surface area contributed by atoms with E-state index in [1.807, 2.05) is 37.3 Å². The number of hydrogen-bond donors (Lipinski definition) is 2. The van der Waals surface area contributed by atoms with E-state index in [9.17, 15) is 9.59 Å². The number of benzene rings is 1. The molecule has 1 aromatic carbocycles. The zero-order valence-electron chi connectivity index (χ0n) is 13.2. The lowest BCUT2D eigenvalue weighted by Crippen LogP contribution is -2.51. The number of hydrogen-bond acceptors (Lipinski definition) is 5. The van der Waals surface area contributed by atoms with Crippen molar-refractivity contribution in [3.05, 3.63) is 35.3 Å². The molecule has 1 aromatic heterocycles. The van der Waals surface area contributed by atoms with Gasteiger partial charge in [0.1, 0.15) is 0 Å². The summed E-state index contributed by atoms with van der Waals surface area (Å²) in [7, 11) is 0. The van der Waals surface area contributed by atoms with Crippen LogP contribution in [0.2, 0.25) is 0 Å². The van der Waals surface area contributed by atoms with Crippen molar-refractivity contribution in [3.63, 3.8) is 0 Å². The molecule has 3 N–H and O–H groups in total. The number of primary amides is 1. The van der Waals surface area contributed by atoms with Crippen LogP contribution in [0.25, 0.3) is 10.4 Å². The maximum absolute atomic E-state index is 12.5. The molecule has 0 bridgehead atoms. The topological polar surface area (TPSA) is 97.6 Å². The number of thiazole rings is 1.